The largest absolute Gasteiger partial charge is 0.445 e. The fourth-order valence-corrected chi connectivity index (χ4v) is 4.68. The number of benzene rings is 4. The van der Waals surface area contributed by atoms with Gasteiger partial charge in [-0.25, -0.2) is 4.79 Å². The lowest BCUT2D eigenvalue weighted by Gasteiger charge is -2.18. The summed E-state index contributed by atoms with van der Waals surface area (Å²) in [5, 5.41) is 33.7. The molecule has 0 N–H and O–H groups in total. The van der Waals surface area contributed by atoms with Crippen LogP contribution in [0.15, 0.2) is 107 Å². The molecule has 0 aromatic heterocycles. The van der Waals surface area contributed by atoms with Gasteiger partial charge in [-0.2, -0.15) is 0 Å². The van der Waals surface area contributed by atoms with Crippen molar-refractivity contribution in [1.82, 2.24) is 0 Å². The van der Waals surface area contributed by atoms with E-state index in [4.69, 9.17) is 4.74 Å². The Hall–Kier alpha value is -5.43. The Morgan fingerprint density at radius 1 is 0.675 bits per heavy atom. The van der Waals surface area contributed by atoms with Gasteiger partial charge in [0.2, 0.25) is 5.78 Å². The summed E-state index contributed by atoms with van der Waals surface area (Å²) >= 11 is 0.826. The molecule has 0 aliphatic rings. The van der Waals surface area contributed by atoms with Crippen molar-refractivity contribution in [3.8, 4) is 0 Å². The van der Waals surface area contributed by atoms with E-state index in [1.165, 1.54) is 60.7 Å². The molecule has 4 rings (SSSR count). The van der Waals surface area contributed by atoms with Crippen molar-refractivity contribution in [1.29, 1.82) is 0 Å². The van der Waals surface area contributed by atoms with Crippen molar-refractivity contribution in [3.63, 3.8) is 0 Å². The van der Waals surface area contributed by atoms with Crippen molar-refractivity contribution in [2.24, 2.45) is 0 Å². The standard InChI is InChI=1S/C27H17N3O9S/c31-25(17-6-2-1-3-7-17)26(18-10-12-19(13-11-18)28(33)34)39-27(32)21-8-4-5-9-23(21)40-24-15-14-20(29(35)36)16-22(24)30(37)38/h1-16,26H/t26-/m0/s1. The van der Waals surface area contributed by atoms with Crippen molar-refractivity contribution in [3.05, 3.63) is 144 Å². The second-order valence-electron chi connectivity index (χ2n) is 8.13. The van der Waals surface area contributed by atoms with Crippen molar-refractivity contribution < 1.29 is 29.1 Å². The van der Waals surface area contributed by atoms with Crippen LogP contribution in [-0.2, 0) is 4.74 Å². The molecule has 0 saturated carbocycles. The average molecular weight is 560 g/mol. The van der Waals surface area contributed by atoms with Crippen molar-refractivity contribution in [2.45, 2.75) is 15.9 Å². The summed E-state index contributed by atoms with van der Waals surface area (Å²) < 4.78 is 5.65. The fourth-order valence-electron chi connectivity index (χ4n) is 3.66. The van der Waals surface area contributed by atoms with Gasteiger partial charge in [0.15, 0.2) is 6.10 Å². The molecule has 0 unspecified atom stereocenters. The van der Waals surface area contributed by atoms with Crippen LogP contribution in [0.4, 0.5) is 17.1 Å². The summed E-state index contributed by atoms with van der Waals surface area (Å²) in [5.74, 6) is -1.50. The molecule has 0 heterocycles. The van der Waals surface area contributed by atoms with E-state index in [2.05, 4.69) is 0 Å². The number of nitrogens with zero attached hydrogens (tertiary/aromatic N) is 3. The zero-order valence-electron chi connectivity index (χ0n) is 20.2. The first kappa shape index (κ1) is 27.6. The number of hydrogen-bond donors (Lipinski definition) is 0. The molecule has 200 valence electrons. The Morgan fingerprint density at radius 2 is 1.27 bits per heavy atom. The van der Waals surface area contributed by atoms with Gasteiger partial charge < -0.3 is 4.74 Å². The quantitative estimate of drug-likeness (QED) is 0.0922. The number of non-ortho nitro benzene ring substituents is 2. The molecule has 12 nitrogen and oxygen atoms in total. The van der Waals surface area contributed by atoms with Crippen LogP contribution in [0.1, 0.15) is 32.4 Å². The van der Waals surface area contributed by atoms with Crippen LogP contribution in [0.5, 0.6) is 0 Å². The minimum absolute atomic E-state index is 0.0204. The number of Topliss-reactive ketones (excluding diaryl/α,β-unsaturated/α-hetero) is 1. The zero-order chi connectivity index (χ0) is 28.8. The maximum Gasteiger partial charge on any atom is 0.340 e. The van der Waals surface area contributed by atoms with E-state index in [-0.39, 0.29) is 32.2 Å². The number of carbonyl (C=O) groups is 2. The smallest absolute Gasteiger partial charge is 0.340 e. The number of nitro groups is 3. The normalized spacial score (nSPS) is 11.3. The summed E-state index contributed by atoms with van der Waals surface area (Å²) in [4.78, 5) is 58.7. The maximum absolute atomic E-state index is 13.4. The van der Waals surface area contributed by atoms with E-state index in [9.17, 15) is 39.9 Å². The van der Waals surface area contributed by atoms with E-state index in [0.717, 1.165) is 23.9 Å². The summed E-state index contributed by atoms with van der Waals surface area (Å²) in [6, 6.07) is 22.2. The molecule has 0 saturated heterocycles. The topological polar surface area (TPSA) is 173 Å². The second kappa shape index (κ2) is 12.0. The number of rotatable bonds is 10. The first-order chi connectivity index (χ1) is 19.2. The van der Waals surface area contributed by atoms with Crippen LogP contribution in [0.25, 0.3) is 0 Å². The van der Waals surface area contributed by atoms with Gasteiger partial charge in [0, 0.05) is 34.2 Å². The van der Waals surface area contributed by atoms with Gasteiger partial charge in [-0.3, -0.25) is 35.1 Å². The molecule has 0 aliphatic heterocycles. The van der Waals surface area contributed by atoms with Crippen LogP contribution in [0.3, 0.4) is 0 Å². The molecule has 0 fully saturated rings. The van der Waals surface area contributed by atoms with Gasteiger partial charge in [0.25, 0.3) is 17.1 Å². The Balaban J connectivity index is 1.69. The molecule has 4 aromatic carbocycles. The lowest BCUT2D eigenvalue weighted by Crippen LogP contribution is -2.20. The number of esters is 1. The third kappa shape index (κ3) is 6.16. The molecule has 0 spiro atoms. The highest BCUT2D eigenvalue weighted by Crippen LogP contribution is 2.39. The third-order valence-electron chi connectivity index (χ3n) is 5.60. The zero-order valence-corrected chi connectivity index (χ0v) is 21.1. The van der Waals surface area contributed by atoms with Crippen molar-refractivity contribution >= 4 is 40.6 Å². The van der Waals surface area contributed by atoms with Crippen molar-refractivity contribution in [2.75, 3.05) is 0 Å². The highest BCUT2D eigenvalue weighted by molar-refractivity contribution is 7.99. The first-order valence-corrected chi connectivity index (χ1v) is 12.2. The number of ether oxygens (including phenoxy) is 1. The molecule has 40 heavy (non-hydrogen) atoms. The molecule has 0 bridgehead atoms. The predicted molar refractivity (Wildman–Crippen MR) is 142 cm³/mol. The third-order valence-corrected chi connectivity index (χ3v) is 6.75. The number of carbonyl (C=O) groups excluding carboxylic acids is 2. The average Bonchev–Trinajstić information content (AvgIpc) is 2.96. The van der Waals surface area contributed by atoms with Crippen LogP contribution < -0.4 is 0 Å². The van der Waals surface area contributed by atoms with E-state index < -0.39 is 44.0 Å². The highest BCUT2D eigenvalue weighted by Gasteiger charge is 2.29. The number of ketones is 1. The van der Waals surface area contributed by atoms with Gasteiger partial charge in [-0.1, -0.05) is 54.2 Å². The summed E-state index contributed by atoms with van der Waals surface area (Å²) in [6.07, 6.45) is -1.46. The SMILES string of the molecule is O=C(O[C@H](C(=O)c1ccccc1)c1ccc([N+](=O)[O-])cc1)c1ccccc1Sc1ccc([N+](=O)[O-])cc1[N+](=O)[O-]. The number of nitro benzene ring substituents is 3. The molecule has 4 aromatic rings. The number of hydrogen-bond acceptors (Lipinski definition) is 10. The van der Waals surface area contributed by atoms with Gasteiger partial charge in [0.1, 0.15) is 0 Å². The fraction of sp³-hybridized carbons (Fsp3) is 0.0370. The lowest BCUT2D eigenvalue weighted by atomic mass is 9.99. The molecule has 0 radical (unpaired) electrons. The summed E-state index contributed by atoms with van der Waals surface area (Å²) in [5.41, 5.74) is -0.786. The van der Waals surface area contributed by atoms with Gasteiger partial charge >= 0.3 is 5.97 Å². The monoisotopic (exact) mass is 559 g/mol. The van der Waals surface area contributed by atoms with E-state index in [1.54, 1.807) is 24.3 Å². The molecule has 0 amide bonds. The molecule has 1 atom stereocenters. The molecular formula is C27H17N3O9S. The van der Waals surface area contributed by atoms with E-state index in [0.29, 0.717) is 0 Å². The molecular weight excluding hydrogens is 542 g/mol. The highest BCUT2D eigenvalue weighted by atomic mass is 32.2. The Bertz CT molecular complexity index is 1630. The van der Waals surface area contributed by atoms with Crippen LogP contribution in [0.2, 0.25) is 0 Å². The molecule has 13 heteroatoms. The van der Waals surface area contributed by atoms with Gasteiger partial charge in [-0.05, 0) is 30.3 Å². The predicted octanol–water partition coefficient (Wildman–Crippen LogP) is 6.34. The first-order valence-electron chi connectivity index (χ1n) is 11.4. The summed E-state index contributed by atoms with van der Waals surface area (Å²) in [6.45, 7) is 0. The van der Waals surface area contributed by atoms with Gasteiger partial charge in [0.05, 0.1) is 31.3 Å². The van der Waals surface area contributed by atoms with Crippen LogP contribution in [-0.4, -0.2) is 26.5 Å². The van der Waals surface area contributed by atoms with E-state index in [1.807, 2.05) is 0 Å². The Labute approximate surface area is 229 Å². The van der Waals surface area contributed by atoms with Crippen LogP contribution in [0, 0.1) is 30.3 Å². The minimum Gasteiger partial charge on any atom is -0.445 e. The summed E-state index contributed by atoms with van der Waals surface area (Å²) in [7, 11) is 0. The van der Waals surface area contributed by atoms with Gasteiger partial charge in [-0.15, -0.1) is 0 Å². The van der Waals surface area contributed by atoms with E-state index >= 15 is 0 Å². The molecule has 0 aliphatic carbocycles. The minimum atomic E-state index is -1.46. The maximum atomic E-state index is 13.4. The van der Waals surface area contributed by atoms with Crippen LogP contribution >= 0.6 is 11.8 Å². The second-order valence-corrected chi connectivity index (χ2v) is 9.21. The Kier molecular flexibility index (Phi) is 8.25. The Morgan fingerprint density at radius 3 is 1.90 bits per heavy atom. The lowest BCUT2D eigenvalue weighted by molar-refractivity contribution is -0.396.